The summed E-state index contributed by atoms with van der Waals surface area (Å²) >= 11 is 6.13. The molecule has 2 heterocycles. The molecule has 112 valence electrons. The molecule has 0 saturated carbocycles. The van der Waals surface area contributed by atoms with Crippen LogP contribution in [0.2, 0.25) is 5.02 Å². The van der Waals surface area contributed by atoms with Crippen molar-refractivity contribution in [2.24, 2.45) is 0 Å². The minimum absolute atomic E-state index is 0.00969. The molecule has 0 radical (unpaired) electrons. The zero-order valence-electron chi connectivity index (χ0n) is 12.1. The predicted molar refractivity (Wildman–Crippen MR) is 87.8 cm³/mol. The van der Waals surface area contributed by atoms with Gasteiger partial charge in [-0.25, -0.2) is 0 Å². The van der Waals surface area contributed by atoms with Crippen LogP contribution in [0.25, 0.3) is 0 Å². The van der Waals surface area contributed by atoms with Gasteiger partial charge in [0.15, 0.2) is 0 Å². The van der Waals surface area contributed by atoms with E-state index in [0.717, 1.165) is 29.4 Å². The number of rotatable bonds is 6. The summed E-state index contributed by atoms with van der Waals surface area (Å²) in [5.41, 5.74) is 2.08. The average molecular weight is 313 g/mol. The first kappa shape index (κ1) is 14.8. The van der Waals surface area contributed by atoms with Crippen LogP contribution in [0.1, 0.15) is 17.3 Å². The van der Waals surface area contributed by atoms with Gasteiger partial charge in [-0.15, -0.1) is 0 Å². The van der Waals surface area contributed by atoms with E-state index in [1.165, 1.54) is 0 Å². The Morgan fingerprint density at radius 3 is 2.77 bits per heavy atom. The van der Waals surface area contributed by atoms with E-state index in [2.05, 4.69) is 21.5 Å². The van der Waals surface area contributed by atoms with E-state index in [9.17, 15) is 0 Å². The van der Waals surface area contributed by atoms with Crippen molar-refractivity contribution in [1.29, 1.82) is 0 Å². The Kier molecular flexibility index (Phi) is 4.83. The summed E-state index contributed by atoms with van der Waals surface area (Å²) < 4.78 is 1.90. The van der Waals surface area contributed by atoms with Gasteiger partial charge in [0.1, 0.15) is 0 Å². The van der Waals surface area contributed by atoms with Crippen molar-refractivity contribution >= 4 is 11.6 Å². The fraction of sp³-hybridized carbons (Fsp3) is 0.176. The van der Waals surface area contributed by atoms with Crippen LogP contribution in [0, 0.1) is 0 Å². The van der Waals surface area contributed by atoms with E-state index in [1.54, 1.807) is 6.20 Å². The number of nitrogens with zero attached hydrogens (tertiary/aromatic N) is 3. The lowest BCUT2D eigenvalue weighted by molar-refractivity contribution is 0.517. The van der Waals surface area contributed by atoms with Gasteiger partial charge in [0.2, 0.25) is 0 Å². The van der Waals surface area contributed by atoms with E-state index < -0.39 is 0 Å². The number of hydrogen-bond donors (Lipinski definition) is 1. The van der Waals surface area contributed by atoms with Gasteiger partial charge in [0.25, 0.3) is 0 Å². The molecule has 3 rings (SSSR count). The third-order valence-corrected chi connectivity index (χ3v) is 3.65. The van der Waals surface area contributed by atoms with Gasteiger partial charge >= 0.3 is 0 Å². The zero-order valence-corrected chi connectivity index (χ0v) is 12.8. The van der Waals surface area contributed by atoms with Crippen LogP contribution >= 0.6 is 11.6 Å². The third kappa shape index (κ3) is 3.72. The van der Waals surface area contributed by atoms with Gasteiger partial charge in [0.05, 0.1) is 18.3 Å². The first-order valence-corrected chi connectivity index (χ1v) is 7.58. The third-order valence-electron chi connectivity index (χ3n) is 3.41. The molecule has 1 atom stereocenters. The van der Waals surface area contributed by atoms with Crippen molar-refractivity contribution in [2.75, 3.05) is 6.54 Å². The van der Waals surface area contributed by atoms with E-state index in [4.69, 9.17) is 11.6 Å². The molecule has 0 spiro atoms. The fourth-order valence-corrected chi connectivity index (χ4v) is 2.58. The zero-order chi connectivity index (χ0) is 15.2. The predicted octanol–water partition coefficient (Wildman–Crippen LogP) is 3.31. The number of benzene rings is 1. The molecular weight excluding hydrogens is 296 g/mol. The smallest absolute Gasteiger partial charge is 0.0752 e. The molecule has 5 heteroatoms. The van der Waals surface area contributed by atoms with Crippen molar-refractivity contribution in [3.63, 3.8) is 0 Å². The van der Waals surface area contributed by atoms with E-state index in [1.807, 2.05) is 59.5 Å². The Hall–Kier alpha value is -2.17. The molecule has 4 nitrogen and oxygen atoms in total. The summed E-state index contributed by atoms with van der Waals surface area (Å²) in [5.74, 6) is 0. The number of halogens is 1. The van der Waals surface area contributed by atoms with Crippen LogP contribution in [-0.2, 0) is 6.54 Å². The Bertz CT molecular complexity index is 698. The lowest BCUT2D eigenvalue weighted by Crippen LogP contribution is -2.27. The van der Waals surface area contributed by atoms with Crippen molar-refractivity contribution in [3.05, 3.63) is 83.4 Å². The Balaban J connectivity index is 1.77. The second-order valence-corrected chi connectivity index (χ2v) is 5.40. The lowest BCUT2D eigenvalue weighted by Gasteiger charge is -2.19. The van der Waals surface area contributed by atoms with Gasteiger partial charge in [0, 0.05) is 30.2 Å². The highest BCUT2D eigenvalue weighted by atomic mass is 35.5. The van der Waals surface area contributed by atoms with Crippen LogP contribution in [0.4, 0.5) is 0 Å². The number of pyridine rings is 1. The fourth-order valence-electron chi connectivity index (χ4n) is 2.38. The maximum atomic E-state index is 6.13. The first-order chi connectivity index (χ1) is 10.8. The topological polar surface area (TPSA) is 42.7 Å². The number of nitrogens with one attached hydrogen (secondary N) is 1. The molecule has 1 aromatic carbocycles. The van der Waals surface area contributed by atoms with Crippen LogP contribution in [0.5, 0.6) is 0 Å². The first-order valence-electron chi connectivity index (χ1n) is 7.20. The summed E-state index contributed by atoms with van der Waals surface area (Å²) in [7, 11) is 0. The van der Waals surface area contributed by atoms with Gasteiger partial charge in [-0.05, 0) is 35.9 Å². The quantitative estimate of drug-likeness (QED) is 0.759. The normalized spacial score (nSPS) is 12.2. The minimum Gasteiger partial charge on any atom is -0.303 e. The highest BCUT2D eigenvalue weighted by Gasteiger charge is 2.14. The molecule has 0 bridgehead atoms. The standard InChI is InChI=1S/C17H17ClN4/c18-15-6-3-5-14(13-15)17(16-7-1-2-8-19-16)20-10-12-22-11-4-9-21-22/h1-9,11,13,17,20H,10,12H2/t17-/m0/s1. The molecule has 22 heavy (non-hydrogen) atoms. The van der Waals surface area contributed by atoms with Crippen LogP contribution in [-0.4, -0.2) is 21.3 Å². The summed E-state index contributed by atoms with van der Waals surface area (Å²) in [6, 6.07) is 15.7. The average Bonchev–Trinajstić information content (AvgIpc) is 3.06. The second-order valence-electron chi connectivity index (χ2n) is 4.97. The van der Waals surface area contributed by atoms with E-state index in [-0.39, 0.29) is 6.04 Å². The molecular formula is C17H17ClN4. The van der Waals surface area contributed by atoms with Gasteiger partial charge in [-0.3, -0.25) is 9.67 Å². The van der Waals surface area contributed by atoms with E-state index >= 15 is 0 Å². The van der Waals surface area contributed by atoms with Crippen molar-refractivity contribution in [2.45, 2.75) is 12.6 Å². The summed E-state index contributed by atoms with van der Waals surface area (Å²) in [6.45, 7) is 1.59. The molecule has 0 fully saturated rings. The lowest BCUT2D eigenvalue weighted by atomic mass is 10.0. The van der Waals surface area contributed by atoms with Gasteiger partial charge in [-0.2, -0.15) is 5.10 Å². The van der Waals surface area contributed by atoms with Crippen LogP contribution < -0.4 is 5.32 Å². The van der Waals surface area contributed by atoms with Crippen molar-refractivity contribution in [1.82, 2.24) is 20.1 Å². The molecule has 1 N–H and O–H groups in total. The second kappa shape index (κ2) is 7.20. The highest BCUT2D eigenvalue weighted by Crippen LogP contribution is 2.22. The Morgan fingerprint density at radius 2 is 2.05 bits per heavy atom. The Morgan fingerprint density at radius 1 is 1.09 bits per heavy atom. The summed E-state index contributed by atoms with van der Waals surface area (Å²) in [6.07, 6.45) is 5.55. The summed E-state index contributed by atoms with van der Waals surface area (Å²) in [4.78, 5) is 4.47. The molecule has 0 saturated heterocycles. The minimum atomic E-state index is 0.00969. The monoisotopic (exact) mass is 312 g/mol. The van der Waals surface area contributed by atoms with Crippen LogP contribution in [0.15, 0.2) is 67.1 Å². The molecule has 0 aliphatic heterocycles. The molecule has 2 aromatic heterocycles. The van der Waals surface area contributed by atoms with Gasteiger partial charge < -0.3 is 5.32 Å². The molecule has 0 amide bonds. The van der Waals surface area contributed by atoms with Crippen molar-refractivity contribution in [3.8, 4) is 0 Å². The maximum Gasteiger partial charge on any atom is 0.0752 e. The highest BCUT2D eigenvalue weighted by molar-refractivity contribution is 6.30. The number of hydrogen-bond acceptors (Lipinski definition) is 3. The van der Waals surface area contributed by atoms with Gasteiger partial charge in [-0.1, -0.05) is 29.8 Å². The van der Waals surface area contributed by atoms with Crippen LogP contribution in [0.3, 0.4) is 0 Å². The molecule has 3 aromatic rings. The molecule has 0 aliphatic rings. The molecule has 0 unspecified atom stereocenters. The summed E-state index contributed by atoms with van der Waals surface area (Å²) in [5, 5.41) is 8.48. The van der Waals surface area contributed by atoms with E-state index in [0.29, 0.717) is 0 Å². The SMILES string of the molecule is Clc1cccc([C@H](NCCn2cccn2)c2ccccn2)c1. The van der Waals surface area contributed by atoms with Crippen molar-refractivity contribution < 1.29 is 0 Å². The Labute approximate surface area is 134 Å². The molecule has 0 aliphatic carbocycles. The largest absolute Gasteiger partial charge is 0.303 e. The number of aromatic nitrogens is 3. The maximum absolute atomic E-state index is 6.13.